The van der Waals surface area contributed by atoms with Gasteiger partial charge in [0, 0.05) is 29.2 Å². The molecule has 34 heavy (non-hydrogen) atoms. The fourth-order valence-corrected chi connectivity index (χ4v) is 5.13. The molecule has 3 heterocycles. The van der Waals surface area contributed by atoms with Crippen molar-refractivity contribution in [1.82, 2.24) is 9.88 Å². The second kappa shape index (κ2) is 7.55. The number of hydrogen-bond donors (Lipinski definition) is 1. The van der Waals surface area contributed by atoms with Crippen LogP contribution in [0, 0.1) is 17.5 Å². The Morgan fingerprint density at radius 1 is 1.06 bits per heavy atom. The van der Waals surface area contributed by atoms with Crippen LogP contribution >= 0.6 is 0 Å². The highest BCUT2D eigenvalue weighted by atomic mass is 19.1. The maximum Gasteiger partial charge on any atom is 0.258 e. The zero-order valence-electron chi connectivity index (χ0n) is 18.2. The molecular weight excluding hydrogens is 443 g/mol. The number of aromatic amines is 1. The van der Waals surface area contributed by atoms with E-state index >= 15 is 4.39 Å². The molecule has 0 saturated carbocycles. The average molecular weight is 463 g/mol. The van der Waals surface area contributed by atoms with Crippen molar-refractivity contribution in [3.05, 3.63) is 88.9 Å². The number of amides is 1. The molecule has 1 atom stereocenters. The number of halogens is 3. The van der Waals surface area contributed by atoms with Crippen molar-refractivity contribution < 1.29 is 22.7 Å². The predicted molar refractivity (Wildman–Crippen MR) is 122 cm³/mol. The maximum absolute atomic E-state index is 15.2. The summed E-state index contributed by atoms with van der Waals surface area (Å²) in [7, 11) is 0. The van der Waals surface area contributed by atoms with Gasteiger partial charge in [-0.05, 0) is 61.4 Å². The molecule has 5 nitrogen and oxygen atoms in total. The molecule has 1 amide bonds. The highest BCUT2D eigenvalue weighted by Gasteiger charge is 2.45. The first kappa shape index (κ1) is 20.7. The minimum atomic E-state index is -0.880. The van der Waals surface area contributed by atoms with E-state index in [1.165, 1.54) is 18.2 Å². The van der Waals surface area contributed by atoms with Crippen LogP contribution in [0.4, 0.5) is 24.5 Å². The summed E-state index contributed by atoms with van der Waals surface area (Å²) in [4.78, 5) is 20.0. The Balaban J connectivity index is 1.62. The van der Waals surface area contributed by atoms with Gasteiger partial charge in [-0.25, -0.2) is 13.2 Å². The van der Waals surface area contributed by atoms with E-state index in [9.17, 15) is 13.6 Å². The van der Waals surface area contributed by atoms with Gasteiger partial charge in [0.1, 0.15) is 17.4 Å². The Bertz CT molecular complexity index is 1470. The number of aromatic nitrogens is 1. The van der Waals surface area contributed by atoms with Gasteiger partial charge in [-0.2, -0.15) is 0 Å². The van der Waals surface area contributed by atoms with Crippen molar-refractivity contribution >= 4 is 28.2 Å². The minimum Gasteiger partial charge on any atom is -0.494 e. The number of nitrogens with one attached hydrogen (secondary N) is 1. The van der Waals surface area contributed by atoms with E-state index in [4.69, 9.17) is 4.74 Å². The molecule has 0 fully saturated rings. The van der Waals surface area contributed by atoms with Gasteiger partial charge in [-0.3, -0.25) is 4.79 Å². The van der Waals surface area contributed by atoms with Crippen LogP contribution in [0.15, 0.2) is 54.6 Å². The van der Waals surface area contributed by atoms with Crippen molar-refractivity contribution in [1.29, 1.82) is 0 Å². The maximum atomic E-state index is 15.2. The van der Waals surface area contributed by atoms with Crippen molar-refractivity contribution in [3.8, 4) is 5.75 Å². The van der Waals surface area contributed by atoms with Gasteiger partial charge in [0.25, 0.3) is 5.91 Å². The van der Waals surface area contributed by atoms with Crippen molar-refractivity contribution in [3.63, 3.8) is 0 Å². The predicted octanol–water partition coefficient (Wildman–Crippen LogP) is 5.83. The SMILES string of the molecule is CCOc1ccc2[nH]c3c(c2c1)CCN1C(=O)c2cc(F)cc(F)c2N(c2cccc(F)c2)C31. The van der Waals surface area contributed by atoms with E-state index in [1.807, 2.05) is 25.1 Å². The zero-order valence-corrected chi connectivity index (χ0v) is 18.2. The number of benzene rings is 3. The molecule has 6 rings (SSSR count). The van der Waals surface area contributed by atoms with Crippen LogP contribution in [-0.2, 0) is 6.42 Å². The summed E-state index contributed by atoms with van der Waals surface area (Å²) in [5.41, 5.74) is 2.75. The second-order valence-electron chi connectivity index (χ2n) is 8.41. The van der Waals surface area contributed by atoms with Gasteiger partial charge in [0.05, 0.1) is 23.6 Å². The molecule has 0 saturated heterocycles. The first-order valence-corrected chi connectivity index (χ1v) is 11.1. The van der Waals surface area contributed by atoms with Crippen LogP contribution in [0.2, 0.25) is 0 Å². The number of nitrogens with zero attached hydrogens (tertiary/aromatic N) is 2. The third-order valence-electron chi connectivity index (χ3n) is 6.47. The van der Waals surface area contributed by atoms with Crippen LogP contribution in [0.25, 0.3) is 10.9 Å². The van der Waals surface area contributed by atoms with Gasteiger partial charge >= 0.3 is 0 Å². The molecule has 2 aliphatic rings. The zero-order chi connectivity index (χ0) is 23.6. The Kier molecular flexibility index (Phi) is 4.58. The average Bonchev–Trinajstić information content (AvgIpc) is 3.18. The molecule has 1 aromatic heterocycles. The van der Waals surface area contributed by atoms with E-state index in [0.717, 1.165) is 34.3 Å². The number of anilines is 2. The lowest BCUT2D eigenvalue weighted by molar-refractivity contribution is 0.0639. The number of fused-ring (bicyclic) bond motifs is 6. The number of carbonyl (C=O) groups is 1. The lowest BCUT2D eigenvalue weighted by Crippen LogP contribution is -2.51. The highest BCUT2D eigenvalue weighted by Crippen LogP contribution is 2.48. The van der Waals surface area contributed by atoms with Gasteiger partial charge in [-0.1, -0.05) is 6.07 Å². The van der Waals surface area contributed by atoms with Crippen molar-refractivity contribution in [2.75, 3.05) is 18.1 Å². The minimum absolute atomic E-state index is 0.0697. The standard InChI is InChI=1S/C26H20F3N3O2/c1-2-34-17-6-7-22-19(13-17)18-8-9-31-25(23(18)30-22)32(16-5-3-4-14(27)10-16)24-20(26(31)33)11-15(28)12-21(24)29/h3-7,10-13,25,30H,2,8-9H2,1H3. The third kappa shape index (κ3) is 2.98. The van der Waals surface area contributed by atoms with Crippen molar-refractivity contribution in [2.45, 2.75) is 19.5 Å². The first-order chi connectivity index (χ1) is 16.5. The van der Waals surface area contributed by atoms with Crippen LogP contribution in [-0.4, -0.2) is 28.9 Å². The number of carbonyl (C=O) groups excluding carboxylic acids is 1. The molecular formula is C26H20F3N3O2. The quantitative estimate of drug-likeness (QED) is 0.416. The van der Waals surface area contributed by atoms with Gasteiger partial charge < -0.3 is 19.5 Å². The fourth-order valence-electron chi connectivity index (χ4n) is 5.13. The van der Waals surface area contributed by atoms with E-state index in [0.29, 0.717) is 31.0 Å². The summed E-state index contributed by atoms with van der Waals surface area (Å²) in [6.07, 6.45) is -0.203. The lowest BCUT2D eigenvalue weighted by Gasteiger charge is -2.47. The fraction of sp³-hybridized carbons (Fsp3) is 0.192. The van der Waals surface area contributed by atoms with Gasteiger partial charge in [0.15, 0.2) is 12.0 Å². The van der Waals surface area contributed by atoms with E-state index < -0.39 is 29.5 Å². The molecule has 8 heteroatoms. The summed E-state index contributed by atoms with van der Waals surface area (Å²) >= 11 is 0. The molecule has 0 radical (unpaired) electrons. The molecule has 3 aromatic carbocycles. The number of ether oxygens (including phenoxy) is 1. The highest BCUT2D eigenvalue weighted by molar-refractivity contribution is 6.04. The van der Waals surface area contributed by atoms with Crippen LogP contribution in [0.1, 0.15) is 34.7 Å². The van der Waals surface area contributed by atoms with Gasteiger partial charge in [-0.15, -0.1) is 0 Å². The molecule has 0 bridgehead atoms. The Hall–Kier alpha value is -3.94. The lowest BCUT2D eigenvalue weighted by atomic mass is 9.94. The number of H-pyrrole nitrogens is 1. The van der Waals surface area contributed by atoms with E-state index in [2.05, 4.69) is 4.98 Å². The largest absolute Gasteiger partial charge is 0.494 e. The number of rotatable bonds is 3. The smallest absolute Gasteiger partial charge is 0.258 e. The monoisotopic (exact) mass is 463 g/mol. The third-order valence-corrected chi connectivity index (χ3v) is 6.47. The van der Waals surface area contributed by atoms with Gasteiger partial charge in [0.2, 0.25) is 0 Å². The molecule has 0 spiro atoms. The Morgan fingerprint density at radius 3 is 2.71 bits per heavy atom. The van der Waals surface area contributed by atoms with E-state index in [1.54, 1.807) is 15.9 Å². The van der Waals surface area contributed by atoms with Crippen LogP contribution < -0.4 is 9.64 Å². The second-order valence-corrected chi connectivity index (χ2v) is 8.41. The van der Waals surface area contributed by atoms with Crippen LogP contribution in [0.3, 0.4) is 0 Å². The topological polar surface area (TPSA) is 48.6 Å². The Morgan fingerprint density at radius 2 is 1.91 bits per heavy atom. The number of hydrogen-bond acceptors (Lipinski definition) is 3. The molecule has 2 aliphatic heterocycles. The summed E-state index contributed by atoms with van der Waals surface area (Å²) in [5.74, 6) is -1.96. The Labute approximate surface area is 193 Å². The summed E-state index contributed by atoms with van der Waals surface area (Å²) < 4.78 is 49.3. The summed E-state index contributed by atoms with van der Waals surface area (Å²) in [6.45, 7) is 2.78. The molecule has 0 aliphatic carbocycles. The van der Waals surface area contributed by atoms with Crippen molar-refractivity contribution in [2.24, 2.45) is 0 Å². The van der Waals surface area contributed by atoms with E-state index in [-0.39, 0.29) is 11.3 Å². The molecule has 1 unspecified atom stereocenters. The molecule has 172 valence electrons. The summed E-state index contributed by atoms with van der Waals surface area (Å²) in [5, 5.41) is 0.956. The molecule has 4 aromatic rings. The normalized spacial score (nSPS) is 16.9. The molecule has 1 N–H and O–H groups in total. The van der Waals surface area contributed by atoms with Crippen LogP contribution in [0.5, 0.6) is 5.75 Å². The summed E-state index contributed by atoms with van der Waals surface area (Å²) in [6, 6.07) is 13.3. The first-order valence-electron chi connectivity index (χ1n) is 11.1.